The number of aliphatic hydroxyl groups is 1. The minimum Gasteiger partial charge on any atom is -0.389 e. The highest BCUT2D eigenvalue weighted by molar-refractivity contribution is 6.28. The lowest BCUT2D eigenvalue weighted by Gasteiger charge is -2.21. The molecular weight excluding hydrogens is 282 g/mol. The van der Waals surface area contributed by atoms with Gasteiger partial charge in [-0.25, -0.2) is 4.98 Å². The Labute approximate surface area is 119 Å². The van der Waals surface area contributed by atoms with Gasteiger partial charge >= 0.3 is 0 Å². The summed E-state index contributed by atoms with van der Waals surface area (Å²) in [5.74, 6) is 2.66. The van der Waals surface area contributed by atoms with Gasteiger partial charge < -0.3 is 15.6 Å². The van der Waals surface area contributed by atoms with Crippen molar-refractivity contribution >= 4 is 28.6 Å². The van der Waals surface area contributed by atoms with E-state index in [1.165, 1.54) is 6.33 Å². The molecule has 1 aliphatic rings. The maximum absolute atomic E-state index is 10.0. The van der Waals surface area contributed by atoms with Crippen LogP contribution in [0.25, 0.3) is 11.2 Å². The third-order valence-electron chi connectivity index (χ3n) is 3.46. The third kappa shape index (κ3) is 1.81. The van der Waals surface area contributed by atoms with Crippen molar-refractivity contribution in [1.29, 1.82) is 0 Å². The van der Waals surface area contributed by atoms with Gasteiger partial charge in [0.05, 0.1) is 12.4 Å². The summed E-state index contributed by atoms with van der Waals surface area (Å²) in [6, 6.07) is 0. The van der Waals surface area contributed by atoms with Crippen molar-refractivity contribution in [2.45, 2.75) is 31.3 Å². The maximum Gasteiger partial charge on any atom is 0.226 e. The van der Waals surface area contributed by atoms with Crippen LogP contribution in [0.3, 0.4) is 0 Å². The van der Waals surface area contributed by atoms with Gasteiger partial charge in [0.1, 0.15) is 11.7 Å². The second-order valence-electron chi connectivity index (χ2n) is 4.78. The Morgan fingerprint density at radius 2 is 2.40 bits per heavy atom. The third-order valence-corrected chi connectivity index (χ3v) is 3.63. The molecule has 0 aliphatic carbocycles. The predicted octanol–water partition coefficient (Wildman–Crippen LogP) is 0.734. The minimum absolute atomic E-state index is 0.0232. The van der Waals surface area contributed by atoms with Crippen molar-refractivity contribution in [2.24, 2.45) is 0 Å². The molecule has 1 saturated heterocycles. The van der Waals surface area contributed by atoms with E-state index in [0.717, 1.165) is 0 Å². The number of nitrogen functional groups attached to an aromatic ring is 1. The molecule has 1 fully saturated rings. The number of imidazole rings is 1. The number of ether oxygens (including phenoxy) is 1. The Balaban J connectivity index is 2.07. The van der Waals surface area contributed by atoms with Gasteiger partial charge in [-0.15, -0.1) is 6.42 Å². The first-order valence-corrected chi connectivity index (χ1v) is 6.31. The van der Waals surface area contributed by atoms with Crippen LogP contribution >= 0.6 is 11.6 Å². The molecule has 0 spiro atoms. The Hall–Kier alpha value is -1.88. The molecule has 20 heavy (non-hydrogen) atoms. The molecule has 0 aromatic carbocycles. The van der Waals surface area contributed by atoms with Crippen LogP contribution in [0.4, 0.5) is 5.82 Å². The summed E-state index contributed by atoms with van der Waals surface area (Å²) < 4.78 is 7.38. The standard InChI is InChI=1S/C12H12ClN5O2/c1-3-12(2)6(19)4-7(20-12)18-5-15-8-9(14)16-11(13)17-10(8)18/h1,5-7,19H,4H2,2H3,(H2,14,16,17)/t6-,7+,12+/m0/s1. The van der Waals surface area contributed by atoms with Crippen molar-refractivity contribution in [2.75, 3.05) is 5.73 Å². The number of nitrogens with zero attached hydrogens (tertiary/aromatic N) is 4. The van der Waals surface area contributed by atoms with Crippen molar-refractivity contribution in [3.8, 4) is 12.3 Å². The summed E-state index contributed by atoms with van der Waals surface area (Å²) >= 11 is 5.81. The zero-order valence-corrected chi connectivity index (χ0v) is 11.4. The molecule has 0 bridgehead atoms. The number of aliphatic hydroxyl groups excluding tert-OH is 1. The molecule has 0 radical (unpaired) electrons. The van der Waals surface area contributed by atoms with Crippen molar-refractivity contribution in [3.05, 3.63) is 11.6 Å². The lowest BCUT2D eigenvalue weighted by atomic mass is 10.0. The van der Waals surface area contributed by atoms with E-state index < -0.39 is 17.9 Å². The van der Waals surface area contributed by atoms with E-state index in [1.807, 2.05) is 0 Å². The first-order chi connectivity index (χ1) is 9.44. The van der Waals surface area contributed by atoms with Crippen LogP contribution in [0.1, 0.15) is 19.6 Å². The number of aromatic nitrogens is 4. The predicted molar refractivity (Wildman–Crippen MR) is 72.7 cm³/mol. The number of nitrogens with two attached hydrogens (primary N) is 1. The maximum atomic E-state index is 10.0. The highest BCUT2D eigenvalue weighted by atomic mass is 35.5. The molecule has 8 heteroatoms. The minimum atomic E-state index is -1.04. The zero-order chi connectivity index (χ0) is 14.5. The van der Waals surface area contributed by atoms with Crippen LogP contribution in [0.15, 0.2) is 6.33 Å². The molecule has 0 saturated carbocycles. The Kier molecular flexibility index (Phi) is 2.83. The topological polar surface area (TPSA) is 99.1 Å². The van der Waals surface area contributed by atoms with Crippen LogP contribution in [-0.2, 0) is 4.74 Å². The van der Waals surface area contributed by atoms with Crippen LogP contribution in [0.5, 0.6) is 0 Å². The Morgan fingerprint density at radius 3 is 3.05 bits per heavy atom. The van der Waals surface area contributed by atoms with E-state index in [0.29, 0.717) is 17.6 Å². The molecule has 3 atom stereocenters. The molecule has 2 aromatic rings. The SMILES string of the molecule is C#C[C@@]1(C)O[C@@H](n2cnc3c(N)nc(Cl)nc32)C[C@@H]1O. The fourth-order valence-electron chi connectivity index (χ4n) is 2.25. The van der Waals surface area contributed by atoms with Crippen molar-refractivity contribution in [1.82, 2.24) is 19.5 Å². The lowest BCUT2D eigenvalue weighted by Crippen LogP contribution is -2.33. The van der Waals surface area contributed by atoms with Gasteiger partial charge in [-0.1, -0.05) is 5.92 Å². The second-order valence-corrected chi connectivity index (χ2v) is 5.12. The van der Waals surface area contributed by atoms with E-state index in [9.17, 15) is 5.11 Å². The summed E-state index contributed by atoms with van der Waals surface area (Å²) in [6.45, 7) is 1.66. The zero-order valence-electron chi connectivity index (χ0n) is 10.6. The van der Waals surface area contributed by atoms with Gasteiger partial charge in [0.2, 0.25) is 5.28 Å². The van der Waals surface area contributed by atoms with E-state index in [-0.39, 0.29) is 11.1 Å². The van der Waals surface area contributed by atoms with Gasteiger partial charge in [0.25, 0.3) is 0 Å². The van der Waals surface area contributed by atoms with Gasteiger partial charge in [-0.05, 0) is 18.5 Å². The second kappa shape index (κ2) is 4.31. The van der Waals surface area contributed by atoms with Gasteiger partial charge in [-0.3, -0.25) is 4.57 Å². The van der Waals surface area contributed by atoms with Crippen LogP contribution in [0, 0.1) is 12.3 Å². The molecule has 0 amide bonds. The number of anilines is 1. The van der Waals surface area contributed by atoms with Gasteiger partial charge in [0, 0.05) is 6.42 Å². The Morgan fingerprint density at radius 1 is 1.65 bits per heavy atom. The van der Waals surface area contributed by atoms with E-state index in [4.69, 9.17) is 28.5 Å². The molecule has 104 valence electrons. The number of fused-ring (bicyclic) bond motifs is 1. The number of halogens is 1. The molecule has 0 unspecified atom stereocenters. The monoisotopic (exact) mass is 293 g/mol. The average Bonchev–Trinajstić information content (AvgIpc) is 2.92. The van der Waals surface area contributed by atoms with Crippen molar-refractivity contribution in [3.63, 3.8) is 0 Å². The van der Waals surface area contributed by atoms with E-state index in [1.54, 1.807) is 11.5 Å². The van der Waals surface area contributed by atoms with E-state index in [2.05, 4.69) is 20.9 Å². The molecule has 2 aromatic heterocycles. The van der Waals surface area contributed by atoms with E-state index >= 15 is 0 Å². The number of rotatable bonds is 1. The highest BCUT2D eigenvalue weighted by Gasteiger charge is 2.44. The fraction of sp³-hybridized carbons (Fsp3) is 0.417. The van der Waals surface area contributed by atoms with Gasteiger partial charge in [0.15, 0.2) is 17.1 Å². The average molecular weight is 294 g/mol. The summed E-state index contributed by atoms with van der Waals surface area (Å²) in [4.78, 5) is 12.1. The number of terminal acetylenes is 1. The van der Waals surface area contributed by atoms with Crippen LogP contribution in [-0.4, -0.2) is 36.3 Å². The Bertz CT molecular complexity index is 724. The van der Waals surface area contributed by atoms with Gasteiger partial charge in [-0.2, -0.15) is 9.97 Å². The summed E-state index contributed by atoms with van der Waals surface area (Å²) in [6.07, 6.45) is 6.00. The summed E-state index contributed by atoms with van der Waals surface area (Å²) in [5.41, 5.74) is 5.58. The smallest absolute Gasteiger partial charge is 0.226 e. The number of hydrogen-bond acceptors (Lipinski definition) is 6. The summed E-state index contributed by atoms with van der Waals surface area (Å²) in [5, 5.41) is 10.0. The van der Waals surface area contributed by atoms with Crippen LogP contribution < -0.4 is 5.73 Å². The first kappa shape index (κ1) is 13.1. The quantitative estimate of drug-likeness (QED) is 0.594. The number of hydrogen-bond donors (Lipinski definition) is 2. The first-order valence-electron chi connectivity index (χ1n) is 5.94. The molecule has 3 rings (SSSR count). The normalized spacial score (nSPS) is 29.7. The fourth-order valence-corrected chi connectivity index (χ4v) is 2.42. The van der Waals surface area contributed by atoms with Crippen LogP contribution in [0.2, 0.25) is 5.28 Å². The molecule has 7 nitrogen and oxygen atoms in total. The molecular formula is C12H12ClN5O2. The highest BCUT2D eigenvalue weighted by Crippen LogP contribution is 2.37. The molecule has 3 heterocycles. The largest absolute Gasteiger partial charge is 0.389 e. The van der Waals surface area contributed by atoms with Crippen molar-refractivity contribution < 1.29 is 9.84 Å². The lowest BCUT2D eigenvalue weighted by molar-refractivity contribution is -0.0513. The summed E-state index contributed by atoms with van der Waals surface area (Å²) in [7, 11) is 0. The molecule has 3 N–H and O–H groups in total. The molecule has 1 aliphatic heterocycles.